The number of aliphatic hydroxyl groups is 1. The molecule has 5 heteroatoms. The summed E-state index contributed by atoms with van der Waals surface area (Å²) in [7, 11) is -2.03. The van der Waals surface area contributed by atoms with E-state index in [0.717, 1.165) is 12.0 Å². The molecule has 0 aliphatic rings. The van der Waals surface area contributed by atoms with Crippen molar-refractivity contribution in [2.75, 3.05) is 13.7 Å². The molecule has 0 amide bonds. The Balaban J connectivity index is 3.04. The molecule has 1 rings (SSSR count). The predicted octanol–water partition coefficient (Wildman–Crippen LogP) is 1.25. The second kappa shape index (κ2) is 5.62. The van der Waals surface area contributed by atoms with Crippen LogP contribution in [0.3, 0.4) is 0 Å². The molecule has 1 N–H and O–H groups in total. The highest BCUT2D eigenvalue weighted by Crippen LogP contribution is 2.17. The van der Waals surface area contributed by atoms with Gasteiger partial charge in [0.05, 0.1) is 11.5 Å². The van der Waals surface area contributed by atoms with Crippen molar-refractivity contribution in [3.05, 3.63) is 29.8 Å². The quantitative estimate of drug-likeness (QED) is 0.863. The molecule has 0 aromatic heterocycles. The molecule has 0 heterocycles. The van der Waals surface area contributed by atoms with Gasteiger partial charge < -0.3 is 5.11 Å². The van der Waals surface area contributed by atoms with E-state index >= 15 is 0 Å². The number of aryl methyl sites for hydroxylation is 1. The fourth-order valence-electron chi connectivity index (χ4n) is 1.42. The number of aliphatic hydroxyl groups excluding tert-OH is 1. The third kappa shape index (κ3) is 3.06. The summed E-state index contributed by atoms with van der Waals surface area (Å²) in [5.41, 5.74) is 1.10. The first-order valence-corrected chi connectivity index (χ1v) is 7.05. The van der Waals surface area contributed by atoms with Crippen molar-refractivity contribution in [2.45, 2.75) is 31.2 Å². The maximum atomic E-state index is 12.1. The van der Waals surface area contributed by atoms with Gasteiger partial charge in [-0.3, -0.25) is 0 Å². The van der Waals surface area contributed by atoms with Crippen molar-refractivity contribution in [3.63, 3.8) is 0 Å². The number of rotatable bonds is 5. The summed E-state index contributed by atoms with van der Waals surface area (Å²) in [5.74, 6) is 0. The summed E-state index contributed by atoms with van der Waals surface area (Å²) >= 11 is 0. The van der Waals surface area contributed by atoms with Crippen LogP contribution in [0, 0.1) is 0 Å². The Labute approximate surface area is 103 Å². The first kappa shape index (κ1) is 14.2. The average Bonchev–Trinajstić information content (AvgIpc) is 2.36. The Kier molecular flexibility index (Phi) is 4.68. The molecule has 1 unspecified atom stereocenters. The van der Waals surface area contributed by atoms with Crippen LogP contribution < -0.4 is 0 Å². The molecule has 4 nitrogen and oxygen atoms in total. The van der Waals surface area contributed by atoms with E-state index in [1.807, 2.05) is 19.1 Å². The molecule has 0 bridgehead atoms. The lowest BCUT2D eigenvalue weighted by Gasteiger charge is -2.22. The SMILES string of the molecule is CCc1ccc(S(=O)(=O)N(C)C(C)CO)cc1. The molecule has 0 spiro atoms. The van der Waals surface area contributed by atoms with Crippen molar-refractivity contribution >= 4 is 10.0 Å². The molecule has 0 saturated carbocycles. The number of sulfonamides is 1. The Hall–Kier alpha value is -0.910. The van der Waals surface area contributed by atoms with Crippen molar-refractivity contribution in [1.29, 1.82) is 0 Å². The molecule has 0 aliphatic carbocycles. The van der Waals surface area contributed by atoms with Gasteiger partial charge in [-0.05, 0) is 31.0 Å². The van der Waals surface area contributed by atoms with Crippen LogP contribution in [0.5, 0.6) is 0 Å². The van der Waals surface area contributed by atoms with Gasteiger partial charge in [0.1, 0.15) is 0 Å². The highest BCUT2D eigenvalue weighted by molar-refractivity contribution is 7.89. The largest absolute Gasteiger partial charge is 0.395 e. The van der Waals surface area contributed by atoms with E-state index in [0.29, 0.717) is 0 Å². The molecule has 0 saturated heterocycles. The van der Waals surface area contributed by atoms with Gasteiger partial charge >= 0.3 is 0 Å². The molecular weight excluding hydrogens is 238 g/mol. The smallest absolute Gasteiger partial charge is 0.243 e. The average molecular weight is 257 g/mol. The number of hydrogen-bond acceptors (Lipinski definition) is 3. The van der Waals surface area contributed by atoms with E-state index in [4.69, 9.17) is 5.11 Å². The lowest BCUT2D eigenvalue weighted by Crippen LogP contribution is -2.37. The minimum atomic E-state index is -3.50. The van der Waals surface area contributed by atoms with Crippen LogP contribution >= 0.6 is 0 Å². The molecule has 96 valence electrons. The molecule has 0 radical (unpaired) electrons. The number of nitrogens with zero attached hydrogens (tertiary/aromatic N) is 1. The summed E-state index contributed by atoms with van der Waals surface area (Å²) in [4.78, 5) is 0.262. The zero-order chi connectivity index (χ0) is 13.1. The van der Waals surface area contributed by atoms with E-state index < -0.39 is 16.1 Å². The van der Waals surface area contributed by atoms with Gasteiger partial charge in [-0.1, -0.05) is 19.1 Å². The van der Waals surface area contributed by atoms with Crippen molar-refractivity contribution < 1.29 is 13.5 Å². The van der Waals surface area contributed by atoms with E-state index in [-0.39, 0.29) is 11.5 Å². The highest BCUT2D eigenvalue weighted by Gasteiger charge is 2.24. The fraction of sp³-hybridized carbons (Fsp3) is 0.500. The van der Waals surface area contributed by atoms with Gasteiger partial charge in [-0.2, -0.15) is 4.31 Å². The third-order valence-electron chi connectivity index (χ3n) is 2.89. The van der Waals surface area contributed by atoms with Gasteiger partial charge in [0, 0.05) is 13.1 Å². The lowest BCUT2D eigenvalue weighted by atomic mass is 10.2. The van der Waals surface area contributed by atoms with E-state index in [9.17, 15) is 8.42 Å². The Bertz CT molecular complexity index is 453. The zero-order valence-electron chi connectivity index (χ0n) is 10.4. The summed E-state index contributed by atoms with van der Waals surface area (Å²) in [6.07, 6.45) is 0.878. The number of likely N-dealkylation sites (N-methyl/N-ethyl adjacent to an activating group) is 1. The zero-order valence-corrected chi connectivity index (χ0v) is 11.2. The van der Waals surface area contributed by atoms with Gasteiger partial charge in [-0.15, -0.1) is 0 Å². The molecular formula is C12H19NO3S. The first-order valence-electron chi connectivity index (χ1n) is 5.61. The standard InChI is InChI=1S/C12H19NO3S/c1-4-11-5-7-12(8-6-11)17(15,16)13(3)10(2)9-14/h5-8,10,14H,4,9H2,1-3H3. The van der Waals surface area contributed by atoms with E-state index in [1.54, 1.807) is 19.1 Å². The van der Waals surface area contributed by atoms with Crippen molar-refractivity contribution in [3.8, 4) is 0 Å². The third-order valence-corrected chi connectivity index (χ3v) is 4.88. The van der Waals surface area contributed by atoms with Gasteiger partial charge in [0.25, 0.3) is 0 Å². The number of hydrogen-bond donors (Lipinski definition) is 1. The molecule has 0 fully saturated rings. The Morgan fingerprint density at radius 2 is 1.82 bits per heavy atom. The predicted molar refractivity (Wildman–Crippen MR) is 67.3 cm³/mol. The van der Waals surface area contributed by atoms with Crippen LogP contribution in [0.1, 0.15) is 19.4 Å². The monoisotopic (exact) mass is 257 g/mol. The minimum Gasteiger partial charge on any atom is -0.395 e. The number of benzene rings is 1. The Morgan fingerprint density at radius 1 is 1.29 bits per heavy atom. The summed E-state index contributed by atoms with van der Waals surface area (Å²) < 4.78 is 25.5. The molecule has 1 aromatic carbocycles. The van der Waals surface area contributed by atoms with Gasteiger partial charge in [0.2, 0.25) is 10.0 Å². The highest BCUT2D eigenvalue weighted by atomic mass is 32.2. The fourth-order valence-corrected chi connectivity index (χ4v) is 2.77. The summed E-state index contributed by atoms with van der Waals surface area (Å²) in [6, 6.07) is 6.41. The lowest BCUT2D eigenvalue weighted by molar-refractivity contribution is 0.214. The second-order valence-corrected chi connectivity index (χ2v) is 6.05. The van der Waals surface area contributed by atoms with Crippen LogP contribution in [0.2, 0.25) is 0 Å². The topological polar surface area (TPSA) is 57.6 Å². The second-order valence-electron chi connectivity index (χ2n) is 4.05. The van der Waals surface area contributed by atoms with E-state index in [1.165, 1.54) is 11.4 Å². The van der Waals surface area contributed by atoms with Crippen LogP contribution in [-0.2, 0) is 16.4 Å². The molecule has 1 aromatic rings. The summed E-state index contributed by atoms with van der Waals surface area (Å²) in [5, 5.41) is 8.99. The molecule has 0 aliphatic heterocycles. The first-order chi connectivity index (χ1) is 7.93. The maximum Gasteiger partial charge on any atom is 0.243 e. The van der Waals surface area contributed by atoms with Gasteiger partial charge in [0.15, 0.2) is 0 Å². The minimum absolute atomic E-state index is 0.192. The van der Waals surface area contributed by atoms with Gasteiger partial charge in [-0.25, -0.2) is 8.42 Å². The van der Waals surface area contributed by atoms with E-state index in [2.05, 4.69) is 0 Å². The van der Waals surface area contributed by atoms with Crippen molar-refractivity contribution in [1.82, 2.24) is 4.31 Å². The normalized spacial score (nSPS) is 13.9. The Morgan fingerprint density at radius 3 is 2.24 bits per heavy atom. The van der Waals surface area contributed by atoms with Crippen molar-refractivity contribution in [2.24, 2.45) is 0 Å². The van der Waals surface area contributed by atoms with Crippen LogP contribution in [0.15, 0.2) is 29.2 Å². The maximum absolute atomic E-state index is 12.1. The van der Waals surface area contributed by atoms with Crippen LogP contribution in [0.4, 0.5) is 0 Å². The van der Waals surface area contributed by atoms with Crippen LogP contribution in [0.25, 0.3) is 0 Å². The molecule has 1 atom stereocenters. The summed E-state index contributed by atoms with van der Waals surface area (Å²) in [6.45, 7) is 3.49. The molecule has 17 heavy (non-hydrogen) atoms. The van der Waals surface area contributed by atoms with Crippen LogP contribution in [-0.4, -0.2) is 37.5 Å².